The molecule has 1 aromatic rings. The quantitative estimate of drug-likeness (QED) is 0.567. The van der Waals surface area contributed by atoms with Gasteiger partial charge in [-0.3, -0.25) is 10.1 Å². The first-order valence-electron chi connectivity index (χ1n) is 5.00. The highest BCUT2D eigenvalue weighted by Gasteiger charge is 2.12. The van der Waals surface area contributed by atoms with Crippen LogP contribution in [0.1, 0.15) is 44.0 Å². The molecule has 1 heterocycles. The van der Waals surface area contributed by atoms with Gasteiger partial charge in [0.15, 0.2) is 0 Å². The Bertz CT molecular complexity index is 323. The van der Waals surface area contributed by atoms with Crippen LogP contribution in [0.2, 0.25) is 0 Å². The predicted molar refractivity (Wildman–Crippen MR) is 57.6 cm³/mol. The van der Waals surface area contributed by atoms with E-state index in [-0.39, 0.29) is 5.84 Å². The topological polar surface area (TPSA) is 67.7 Å². The van der Waals surface area contributed by atoms with Crippen molar-refractivity contribution >= 4 is 5.84 Å². The zero-order valence-corrected chi connectivity index (χ0v) is 9.04. The van der Waals surface area contributed by atoms with Crippen LogP contribution in [0.3, 0.4) is 0 Å². The summed E-state index contributed by atoms with van der Waals surface area (Å²) < 4.78 is 1.92. The number of rotatable bonds is 4. The van der Waals surface area contributed by atoms with Gasteiger partial charge in [-0.1, -0.05) is 13.8 Å². The number of nitrogens with two attached hydrogens (primary N) is 1. The highest BCUT2D eigenvalue weighted by Crippen LogP contribution is 2.16. The predicted octanol–water partition coefficient (Wildman–Crippen LogP) is 1.84. The fourth-order valence-corrected chi connectivity index (χ4v) is 1.60. The van der Waals surface area contributed by atoms with E-state index < -0.39 is 0 Å². The second kappa shape index (κ2) is 4.26. The minimum Gasteiger partial charge on any atom is -0.384 e. The van der Waals surface area contributed by atoms with E-state index in [9.17, 15) is 0 Å². The maximum atomic E-state index is 7.37. The summed E-state index contributed by atoms with van der Waals surface area (Å²) in [6.45, 7) is 6.16. The van der Waals surface area contributed by atoms with E-state index >= 15 is 0 Å². The largest absolute Gasteiger partial charge is 0.384 e. The minimum absolute atomic E-state index is 0.0970. The van der Waals surface area contributed by atoms with Gasteiger partial charge in [0.2, 0.25) is 0 Å². The van der Waals surface area contributed by atoms with Gasteiger partial charge in [-0.15, -0.1) is 0 Å². The molecular formula is C10H18N4. The Labute approximate surface area is 84.6 Å². The van der Waals surface area contributed by atoms with Crippen molar-refractivity contribution < 1.29 is 0 Å². The highest BCUT2D eigenvalue weighted by molar-refractivity contribution is 5.95. The van der Waals surface area contributed by atoms with Crippen LogP contribution >= 0.6 is 0 Å². The van der Waals surface area contributed by atoms with Gasteiger partial charge in [-0.05, 0) is 19.8 Å². The number of amidine groups is 1. The molecule has 4 heteroatoms. The van der Waals surface area contributed by atoms with Gasteiger partial charge in [0.05, 0.1) is 17.3 Å². The van der Waals surface area contributed by atoms with Crippen molar-refractivity contribution in [1.82, 2.24) is 9.78 Å². The summed E-state index contributed by atoms with van der Waals surface area (Å²) in [5.74, 6) is 0.0970. The van der Waals surface area contributed by atoms with Crippen molar-refractivity contribution in [3.05, 3.63) is 17.5 Å². The average molecular weight is 194 g/mol. The summed E-state index contributed by atoms with van der Waals surface area (Å²) in [5.41, 5.74) is 7.03. The lowest BCUT2D eigenvalue weighted by Crippen LogP contribution is -2.11. The highest BCUT2D eigenvalue weighted by atomic mass is 15.3. The monoisotopic (exact) mass is 194 g/mol. The van der Waals surface area contributed by atoms with Gasteiger partial charge in [-0.2, -0.15) is 5.10 Å². The Morgan fingerprint density at radius 1 is 1.57 bits per heavy atom. The van der Waals surface area contributed by atoms with Gasteiger partial charge < -0.3 is 5.73 Å². The molecule has 0 unspecified atom stereocenters. The molecule has 0 bridgehead atoms. The second-order valence-electron chi connectivity index (χ2n) is 3.49. The van der Waals surface area contributed by atoms with E-state index in [0.717, 1.165) is 24.1 Å². The molecule has 0 saturated heterocycles. The molecule has 3 N–H and O–H groups in total. The zero-order chi connectivity index (χ0) is 10.7. The van der Waals surface area contributed by atoms with Crippen molar-refractivity contribution in [2.24, 2.45) is 5.73 Å². The molecule has 0 spiro atoms. The van der Waals surface area contributed by atoms with Crippen LogP contribution in [0, 0.1) is 12.3 Å². The Hall–Kier alpha value is -1.32. The number of nitrogen functional groups attached to an aromatic ring is 1. The average Bonchev–Trinajstić information content (AvgIpc) is 2.50. The molecule has 0 aromatic carbocycles. The molecule has 0 radical (unpaired) electrons. The molecule has 14 heavy (non-hydrogen) atoms. The van der Waals surface area contributed by atoms with Crippen LogP contribution in [0.5, 0.6) is 0 Å². The molecule has 0 aliphatic heterocycles. The maximum absolute atomic E-state index is 7.37. The van der Waals surface area contributed by atoms with Crippen LogP contribution in [0.25, 0.3) is 0 Å². The number of nitrogens with zero attached hydrogens (tertiary/aromatic N) is 2. The molecule has 0 amide bonds. The molecular weight excluding hydrogens is 176 g/mol. The number of hydrogen-bond donors (Lipinski definition) is 2. The lowest BCUT2D eigenvalue weighted by atomic mass is 10.2. The third-order valence-corrected chi connectivity index (χ3v) is 2.52. The standard InChI is InChI=1S/C10H18N4/c1-4-8(5-2)14-6-9(10(11)12)7(3)13-14/h6,8H,4-5H2,1-3H3,(H3,11,12). The van der Waals surface area contributed by atoms with E-state index in [1.54, 1.807) is 0 Å². The van der Waals surface area contributed by atoms with Crippen LogP contribution < -0.4 is 5.73 Å². The van der Waals surface area contributed by atoms with Gasteiger partial charge in [0.1, 0.15) is 5.84 Å². The van der Waals surface area contributed by atoms with Crippen molar-refractivity contribution in [1.29, 1.82) is 5.41 Å². The van der Waals surface area contributed by atoms with Gasteiger partial charge in [0, 0.05) is 6.20 Å². The third kappa shape index (κ3) is 1.95. The summed E-state index contributed by atoms with van der Waals surface area (Å²) in [4.78, 5) is 0. The molecule has 4 nitrogen and oxygen atoms in total. The third-order valence-electron chi connectivity index (χ3n) is 2.52. The van der Waals surface area contributed by atoms with Crippen LogP contribution in [-0.4, -0.2) is 15.6 Å². The summed E-state index contributed by atoms with van der Waals surface area (Å²) in [6.07, 6.45) is 3.97. The summed E-state index contributed by atoms with van der Waals surface area (Å²) in [5, 5.41) is 11.7. The van der Waals surface area contributed by atoms with Crippen LogP contribution in [-0.2, 0) is 0 Å². The SMILES string of the molecule is CCC(CC)n1cc(C(=N)N)c(C)n1. The van der Waals surface area contributed by atoms with E-state index in [1.165, 1.54) is 0 Å². The molecule has 0 fully saturated rings. The fourth-order valence-electron chi connectivity index (χ4n) is 1.60. The Kier molecular flexibility index (Phi) is 3.28. The summed E-state index contributed by atoms with van der Waals surface area (Å²) in [6, 6.07) is 0.418. The van der Waals surface area contributed by atoms with Gasteiger partial charge in [-0.25, -0.2) is 0 Å². The van der Waals surface area contributed by atoms with E-state index in [2.05, 4.69) is 18.9 Å². The number of aromatic nitrogens is 2. The second-order valence-corrected chi connectivity index (χ2v) is 3.49. The Balaban J connectivity index is 3.01. The molecule has 0 aliphatic carbocycles. The first kappa shape index (κ1) is 10.8. The van der Waals surface area contributed by atoms with Gasteiger partial charge in [0.25, 0.3) is 0 Å². The lowest BCUT2D eigenvalue weighted by molar-refractivity contribution is 0.426. The Morgan fingerprint density at radius 3 is 2.50 bits per heavy atom. The number of nitrogens with one attached hydrogen (secondary N) is 1. The van der Waals surface area contributed by atoms with E-state index in [1.807, 2.05) is 17.8 Å². The smallest absolute Gasteiger partial charge is 0.126 e. The number of aryl methyl sites for hydroxylation is 1. The fraction of sp³-hybridized carbons (Fsp3) is 0.600. The van der Waals surface area contributed by atoms with Crippen molar-refractivity contribution in [2.75, 3.05) is 0 Å². The molecule has 78 valence electrons. The first-order valence-corrected chi connectivity index (χ1v) is 5.00. The molecule has 0 saturated carbocycles. The van der Waals surface area contributed by atoms with Gasteiger partial charge >= 0.3 is 0 Å². The van der Waals surface area contributed by atoms with Crippen molar-refractivity contribution in [3.63, 3.8) is 0 Å². The zero-order valence-electron chi connectivity index (χ0n) is 9.04. The van der Waals surface area contributed by atoms with E-state index in [4.69, 9.17) is 11.1 Å². The lowest BCUT2D eigenvalue weighted by Gasteiger charge is -2.12. The number of hydrogen-bond acceptors (Lipinski definition) is 2. The van der Waals surface area contributed by atoms with Crippen molar-refractivity contribution in [2.45, 2.75) is 39.7 Å². The maximum Gasteiger partial charge on any atom is 0.126 e. The minimum atomic E-state index is 0.0970. The molecule has 0 atom stereocenters. The molecule has 1 aromatic heterocycles. The molecule has 0 aliphatic rings. The first-order chi connectivity index (χ1) is 6.60. The van der Waals surface area contributed by atoms with Crippen LogP contribution in [0.4, 0.5) is 0 Å². The summed E-state index contributed by atoms with van der Waals surface area (Å²) >= 11 is 0. The van der Waals surface area contributed by atoms with E-state index in [0.29, 0.717) is 6.04 Å². The van der Waals surface area contributed by atoms with Crippen molar-refractivity contribution in [3.8, 4) is 0 Å². The molecule has 1 rings (SSSR count). The summed E-state index contributed by atoms with van der Waals surface area (Å²) in [7, 11) is 0. The Morgan fingerprint density at radius 2 is 2.14 bits per heavy atom. The van der Waals surface area contributed by atoms with Crippen LogP contribution in [0.15, 0.2) is 6.20 Å². The normalized spacial score (nSPS) is 10.9.